The van der Waals surface area contributed by atoms with Gasteiger partial charge in [-0.3, -0.25) is 9.71 Å². The molecule has 10 heteroatoms. The van der Waals surface area contributed by atoms with Crippen molar-refractivity contribution in [1.82, 2.24) is 15.0 Å². The first-order valence-corrected chi connectivity index (χ1v) is 9.40. The fourth-order valence-electron chi connectivity index (χ4n) is 1.75. The van der Waals surface area contributed by atoms with E-state index < -0.39 is 10.0 Å². The van der Waals surface area contributed by atoms with Gasteiger partial charge >= 0.3 is 0 Å². The summed E-state index contributed by atoms with van der Waals surface area (Å²) in [6, 6.07) is 8.51. The molecule has 0 aliphatic heterocycles. The molecule has 0 aromatic carbocycles. The van der Waals surface area contributed by atoms with Gasteiger partial charge in [-0.25, -0.2) is 18.4 Å². The van der Waals surface area contributed by atoms with E-state index in [0.717, 1.165) is 11.3 Å². The number of rotatable bonds is 6. The lowest BCUT2D eigenvalue weighted by molar-refractivity contribution is 0.290. The number of hydrogen-bond acceptors (Lipinski definition) is 7. The van der Waals surface area contributed by atoms with Gasteiger partial charge in [0.05, 0.1) is 11.9 Å². The number of anilines is 1. The van der Waals surface area contributed by atoms with Crippen LogP contribution in [-0.4, -0.2) is 23.4 Å². The quantitative estimate of drug-likeness (QED) is 0.704. The molecular formula is C14H11ClN4O3S2. The third kappa shape index (κ3) is 3.99. The molecular weight excluding hydrogens is 372 g/mol. The van der Waals surface area contributed by atoms with Crippen LogP contribution in [0.2, 0.25) is 5.15 Å². The van der Waals surface area contributed by atoms with E-state index in [-0.39, 0.29) is 27.7 Å². The Morgan fingerprint density at radius 3 is 2.79 bits per heavy atom. The van der Waals surface area contributed by atoms with Crippen LogP contribution in [0.4, 0.5) is 5.82 Å². The van der Waals surface area contributed by atoms with Crippen LogP contribution >= 0.6 is 22.9 Å². The van der Waals surface area contributed by atoms with E-state index in [4.69, 9.17) is 16.3 Å². The molecule has 0 aliphatic carbocycles. The summed E-state index contributed by atoms with van der Waals surface area (Å²) in [6.07, 6.45) is 2.91. The summed E-state index contributed by atoms with van der Waals surface area (Å²) < 4.78 is 32.7. The van der Waals surface area contributed by atoms with Gasteiger partial charge in [0.1, 0.15) is 16.0 Å². The standard InChI is InChI=1S/C14H11ClN4O3S2/c15-11-8-17-14(22-9-10-4-1-2-6-16-10)13(18-11)19-24(20,21)12-5-3-7-23-12/h1-8H,9H2,(H,18,19). The van der Waals surface area contributed by atoms with Crippen molar-refractivity contribution in [2.45, 2.75) is 10.8 Å². The number of halogens is 1. The van der Waals surface area contributed by atoms with Crippen molar-refractivity contribution in [1.29, 1.82) is 0 Å². The highest BCUT2D eigenvalue weighted by Gasteiger charge is 2.20. The van der Waals surface area contributed by atoms with Crippen LogP contribution in [-0.2, 0) is 16.6 Å². The minimum atomic E-state index is -3.78. The molecule has 0 spiro atoms. The minimum Gasteiger partial charge on any atom is -0.469 e. The van der Waals surface area contributed by atoms with Crippen LogP contribution in [0.15, 0.2) is 52.3 Å². The highest BCUT2D eigenvalue weighted by atomic mass is 35.5. The minimum absolute atomic E-state index is 0.0187. The zero-order valence-electron chi connectivity index (χ0n) is 12.1. The van der Waals surface area contributed by atoms with Gasteiger partial charge in [-0.2, -0.15) is 0 Å². The number of aromatic nitrogens is 3. The van der Waals surface area contributed by atoms with Gasteiger partial charge < -0.3 is 4.74 Å². The monoisotopic (exact) mass is 382 g/mol. The molecule has 7 nitrogen and oxygen atoms in total. The van der Waals surface area contributed by atoms with E-state index in [9.17, 15) is 8.42 Å². The van der Waals surface area contributed by atoms with E-state index in [1.807, 2.05) is 6.07 Å². The average molecular weight is 383 g/mol. The molecule has 124 valence electrons. The summed E-state index contributed by atoms with van der Waals surface area (Å²) in [5.74, 6) is -0.0583. The highest BCUT2D eigenvalue weighted by molar-refractivity contribution is 7.94. The zero-order valence-corrected chi connectivity index (χ0v) is 14.5. The molecule has 0 amide bonds. The van der Waals surface area contributed by atoms with Gasteiger partial charge in [-0.05, 0) is 23.6 Å². The second-order valence-electron chi connectivity index (χ2n) is 4.49. The maximum Gasteiger partial charge on any atom is 0.272 e. The first-order chi connectivity index (χ1) is 11.5. The first kappa shape index (κ1) is 16.6. The zero-order chi connectivity index (χ0) is 17.0. The smallest absolute Gasteiger partial charge is 0.272 e. The van der Waals surface area contributed by atoms with Crippen LogP contribution in [0.5, 0.6) is 5.88 Å². The second-order valence-corrected chi connectivity index (χ2v) is 7.74. The van der Waals surface area contributed by atoms with Crippen molar-refractivity contribution in [2.75, 3.05) is 4.72 Å². The SMILES string of the molecule is O=S(=O)(Nc1nc(Cl)cnc1OCc1ccccn1)c1cccs1. The van der Waals surface area contributed by atoms with Crippen LogP contribution in [0.25, 0.3) is 0 Å². The molecule has 0 radical (unpaired) electrons. The summed E-state index contributed by atoms with van der Waals surface area (Å²) in [5, 5.41) is 1.71. The van der Waals surface area contributed by atoms with E-state index >= 15 is 0 Å². The number of thiophene rings is 1. The van der Waals surface area contributed by atoms with Gasteiger partial charge in [0.2, 0.25) is 5.82 Å². The summed E-state index contributed by atoms with van der Waals surface area (Å²) in [4.78, 5) is 12.1. The van der Waals surface area contributed by atoms with Crippen molar-refractivity contribution in [3.63, 3.8) is 0 Å². The molecule has 0 atom stereocenters. The Labute approximate surface area is 147 Å². The molecule has 0 saturated carbocycles. The van der Waals surface area contributed by atoms with Crippen molar-refractivity contribution >= 4 is 38.8 Å². The van der Waals surface area contributed by atoms with Crippen LogP contribution < -0.4 is 9.46 Å². The lowest BCUT2D eigenvalue weighted by Gasteiger charge is -2.11. The van der Waals surface area contributed by atoms with Crippen LogP contribution in [0, 0.1) is 0 Å². The molecule has 0 aliphatic rings. The Morgan fingerprint density at radius 1 is 1.21 bits per heavy atom. The van der Waals surface area contributed by atoms with E-state index in [0.29, 0.717) is 5.69 Å². The molecule has 0 unspecified atom stereocenters. The van der Waals surface area contributed by atoms with Crippen molar-refractivity contribution in [3.05, 3.63) is 59.0 Å². The van der Waals surface area contributed by atoms with E-state index in [1.54, 1.807) is 29.8 Å². The molecule has 3 heterocycles. The molecule has 3 rings (SSSR count). The fraction of sp³-hybridized carbons (Fsp3) is 0.0714. The van der Waals surface area contributed by atoms with Gasteiger partial charge in [0, 0.05) is 6.20 Å². The molecule has 0 saturated heterocycles. The number of pyridine rings is 1. The fourth-order valence-corrected chi connectivity index (χ4v) is 3.87. The third-order valence-electron chi connectivity index (χ3n) is 2.78. The lowest BCUT2D eigenvalue weighted by Crippen LogP contribution is -2.14. The van der Waals surface area contributed by atoms with Gasteiger partial charge in [-0.1, -0.05) is 23.7 Å². The predicted octanol–water partition coefficient (Wildman–Crippen LogP) is 2.97. The molecule has 24 heavy (non-hydrogen) atoms. The number of nitrogens with one attached hydrogen (secondary N) is 1. The first-order valence-electron chi connectivity index (χ1n) is 6.66. The summed E-state index contributed by atoms with van der Waals surface area (Å²) in [6.45, 7) is 0.116. The summed E-state index contributed by atoms with van der Waals surface area (Å²) in [5.41, 5.74) is 0.668. The highest BCUT2D eigenvalue weighted by Crippen LogP contribution is 2.26. The van der Waals surface area contributed by atoms with Gasteiger partial charge in [0.25, 0.3) is 15.9 Å². The second kappa shape index (κ2) is 7.12. The Hall–Kier alpha value is -2.23. The van der Waals surface area contributed by atoms with Crippen LogP contribution in [0.1, 0.15) is 5.69 Å². The van der Waals surface area contributed by atoms with Gasteiger partial charge in [0.15, 0.2) is 0 Å². The normalized spacial score (nSPS) is 11.2. The van der Waals surface area contributed by atoms with Crippen molar-refractivity contribution in [2.24, 2.45) is 0 Å². The maximum atomic E-state index is 12.3. The maximum absolute atomic E-state index is 12.3. The average Bonchev–Trinajstić information content (AvgIpc) is 3.10. The largest absolute Gasteiger partial charge is 0.469 e. The van der Waals surface area contributed by atoms with E-state index in [1.165, 1.54) is 12.3 Å². The van der Waals surface area contributed by atoms with Gasteiger partial charge in [-0.15, -0.1) is 11.3 Å². The Kier molecular flexibility index (Phi) is 4.93. The number of hydrogen-bond donors (Lipinski definition) is 1. The number of nitrogens with zero attached hydrogens (tertiary/aromatic N) is 3. The summed E-state index contributed by atoms with van der Waals surface area (Å²) in [7, 11) is -3.78. The van der Waals surface area contributed by atoms with Crippen molar-refractivity contribution in [3.8, 4) is 5.88 Å². The summed E-state index contributed by atoms with van der Waals surface area (Å²) >= 11 is 6.90. The Bertz CT molecular complexity index is 918. The molecule has 0 bridgehead atoms. The van der Waals surface area contributed by atoms with Crippen molar-refractivity contribution < 1.29 is 13.2 Å². The predicted molar refractivity (Wildman–Crippen MR) is 90.7 cm³/mol. The Balaban J connectivity index is 1.83. The number of sulfonamides is 1. The van der Waals surface area contributed by atoms with E-state index in [2.05, 4.69) is 19.7 Å². The Morgan fingerprint density at radius 2 is 2.08 bits per heavy atom. The number of ether oxygens (including phenoxy) is 1. The molecule has 0 fully saturated rings. The lowest BCUT2D eigenvalue weighted by atomic mass is 10.4. The van der Waals surface area contributed by atoms with Crippen LogP contribution in [0.3, 0.4) is 0 Å². The third-order valence-corrected chi connectivity index (χ3v) is 5.70. The molecule has 1 N–H and O–H groups in total. The molecule has 3 aromatic rings. The molecule has 3 aromatic heterocycles. The topological polar surface area (TPSA) is 94.1 Å².